The maximum Gasteiger partial charge on any atom is 0.302 e. The molecule has 0 unspecified atom stereocenters. The molecule has 0 aromatic carbocycles. The Balaban J connectivity index is 0.000000325. The van der Waals surface area contributed by atoms with Crippen LogP contribution in [0.2, 0.25) is 0 Å². The second kappa shape index (κ2) is 6.44. The molecule has 0 radical (unpaired) electrons. The van der Waals surface area contributed by atoms with Gasteiger partial charge in [0.05, 0.1) is 6.61 Å². The van der Waals surface area contributed by atoms with Crippen LogP contribution >= 0.6 is 0 Å². The van der Waals surface area contributed by atoms with Gasteiger partial charge < -0.3 is 16.2 Å². The molecular formula is C9H16N4O3. The van der Waals surface area contributed by atoms with E-state index in [1.807, 2.05) is 0 Å². The Kier molecular flexibility index (Phi) is 5.61. The lowest BCUT2D eigenvalue weighted by Gasteiger charge is -1.89. The first-order valence-corrected chi connectivity index (χ1v) is 4.63. The Hall–Kier alpha value is -2.05. The van der Waals surface area contributed by atoms with Crippen molar-refractivity contribution in [3.05, 3.63) is 11.3 Å². The number of anilines is 1. The predicted octanol–water partition coefficient (Wildman–Crippen LogP) is -0.0314. The molecule has 0 spiro atoms. The topological polar surface area (TPSA) is 124 Å². The summed E-state index contributed by atoms with van der Waals surface area (Å²) in [4.78, 5) is 20.4. The Morgan fingerprint density at radius 2 is 2.06 bits per heavy atom. The second-order valence-corrected chi connectivity index (χ2v) is 2.90. The first-order valence-electron chi connectivity index (χ1n) is 4.63. The SMILES string of the molecule is CCOC(C)=O.Cc1c(N)n[nH]c1C(N)=O. The molecule has 0 bridgehead atoms. The number of nitrogens with zero attached hydrogens (tertiary/aromatic N) is 1. The Morgan fingerprint density at radius 3 is 2.19 bits per heavy atom. The van der Waals surface area contributed by atoms with Crippen LogP contribution in [0.4, 0.5) is 5.82 Å². The van der Waals surface area contributed by atoms with Gasteiger partial charge in [-0.3, -0.25) is 14.7 Å². The molecule has 7 nitrogen and oxygen atoms in total. The van der Waals surface area contributed by atoms with E-state index < -0.39 is 5.91 Å². The highest BCUT2D eigenvalue weighted by Gasteiger charge is 2.09. The van der Waals surface area contributed by atoms with Crippen molar-refractivity contribution in [3.8, 4) is 0 Å². The maximum absolute atomic E-state index is 10.5. The third kappa shape index (κ3) is 4.45. The number of aromatic amines is 1. The second-order valence-electron chi connectivity index (χ2n) is 2.90. The highest BCUT2D eigenvalue weighted by molar-refractivity contribution is 5.93. The standard InChI is InChI=1S/C5H8N4O.C4H8O2/c1-2-3(5(7)10)8-9-4(2)6;1-3-6-4(2)5/h1H3,(H2,7,10)(H3,6,8,9);3H2,1-2H3. The van der Waals surface area contributed by atoms with Crippen molar-refractivity contribution in [3.63, 3.8) is 0 Å². The molecule has 16 heavy (non-hydrogen) atoms. The van der Waals surface area contributed by atoms with Gasteiger partial charge in [0.25, 0.3) is 5.91 Å². The van der Waals surface area contributed by atoms with Crippen LogP contribution in [-0.2, 0) is 9.53 Å². The maximum atomic E-state index is 10.5. The summed E-state index contributed by atoms with van der Waals surface area (Å²) in [5.74, 6) is -0.437. The average Bonchev–Trinajstić information content (AvgIpc) is 2.48. The summed E-state index contributed by atoms with van der Waals surface area (Å²) in [6.07, 6.45) is 0. The number of hydrogen-bond acceptors (Lipinski definition) is 5. The fourth-order valence-electron chi connectivity index (χ4n) is 0.855. The van der Waals surface area contributed by atoms with Gasteiger partial charge >= 0.3 is 5.97 Å². The number of hydrogen-bond donors (Lipinski definition) is 3. The molecule has 0 aliphatic carbocycles. The fourth-order valence-corrected chi connectivity index (χ4v) is 0.855. The minimum Gasteiger partial charge on any atom is -0.466 e. The average molecular weight is 228 g/mol. The number of nitrogens with two attached hydrogens (primary N) is 2. The zero-order valence-corrected chi connectivity index (χ0v) is 9.53. The van der Waals surface area contributed by atoms with Crippen molar-refractivity contribution in [2.45, 2.75) is 20.8 Å². The number of aromatic nitrogens is 2. The lowest BCUT2D eigenvalue weighted by Crippen LogP contribution is -2.12. The van der Waals surface area contributed by atoms with Gasteiger partial charge in [0, 0.05) is 12.5 Å². The third-order valence-electron chi connectivity index (χ3n) is 1.64. The van der Waals surface area contributed by atoms with E-state index in [0.717, 1.165) is 0 Å². The number of carbonyl (C=O) groups excluding carboxylic acids is 2. The van der Waals surface area contributed by atoms with Crippen molar-refractivity contribution in [2.24, 2.45) is 5.73 Å². The van der Waals surface area contributed by atoms with E-state index >= 15 is 0 Å². The van der Waals surface area contributed by atoms with Crippen LogP contribution in [0.5, 0.6) is 0 Å². The Labute approximate surface area is 93.1 Å². The third-order valence-corrected chi connectivity index (χ3v) is 1.64. The van der Waals surface area contributed by atoms with Crippen LogP contribution in [0.1, 0.15) is 29.9 Å². The lowest BCUT2D eigenvalue weighted by molar-refractivity contribution is -0.140. The van der Waals surface area contributed by atoms with Gasteiger partial charge in [-0.05, 0) is 13.8 Å². The molecular weight excluding hydrogens is 212 g/mol. The van der Waals surface area contributed by atoms with E-state index in [1.165, 1.54) is 6.92 Å². The van der Waals surface area contributed by atoms with E-state index in [2.05, 4.69) is 14.9 Å². The molecule has 1 heterocycles. The minimum absolute atomic E-state index is 0.211. The highest BCUT2D eigenvalue weighted by atomic mass is 16.5. The van der Waals surface area contributed by atoms with Crippen molar-refractivity contribution < 1.29 is 14.3 Å². The summed E-state index contributed by atoms with van der Waals surface area (Å²) >= 11 is 0. The van der Waals surface area contributed by atoms with Gasteiger partial charge in [-0.15, -0.1) is 0 Å². The first-order chi connectivity index (χ1) is 7.40. The van der Waals surface area contributed by atoms with Gasteiger partial charge in [-0.1, -0.05) is 0 Å². The summed E-state index contributed by atoms with van der Waals surface area (Å²) in [6, 6.07) is 0. The number of H-pyrrole nitrogens is 1. The fraction of sp³-hybridized carbons (Fsp3) is 0.444. The Bertz CT molecular complexity index is 373. The molecule has 7 heteroatoms. The van der Waals surface area contributed by atoms with Crippen LogP contribution in [0.25, 0.3) is 0 Å². The van der Waals surface area contributed by atoms with Gasteiger partial charge in [-0.25, -0.2) is 0 Å². The number of ether oxygens (including phenoxy) is 1. The van der Waals surface area contributed by atoms with E-state index in [9.17, 15) is 9.59 Å². The smallest absolute Gasteiger partial charge is 0.302 e. The normalized spacial score (nSPS) is 8.94. The van der Waals surface area contributed by atoms with Crippen molar-refractivity contribution in [1.82, 2.24) is 10.2 Å². The molecule has 1 aromatic heterocycles. The zero-order chi connectivity index (χ0) is 12.7. The molecule has 5 N–H and O–H groups in total. The van der Waals surface area contributed by atoms with Gasteiger partial charge in [-0.2, -0.15) is 5.10 Å². The molecule has 0 atom stereocenters. The number of amides is 1. The number of esters is 1. The molecule has 0 saturated carbocycles. The summed E-state index contributed by atoms with van der Waals surface area (Å²) in [5.41, 5.74) is 11.2. The van der Waals surface area contributed by atoms with E-state index in [1.54, 1.807) is 13.8 Å². The molecule has 0 aliphatic rings. The number of nitrogens with one attached hydrogen (secondary N) is 1. The van der Waals surface area contributed by atoms with Crippen molar-refractivity contribution >= 4 is 17.7 Å². The highest BCUT2D eigenvalue weighted by Crippen LogP contribution is 2.09. The van der Waals surface area contributed by atoms with Gasteiger partial charge in [0.1, 0.15) is 11.5 Å². The zero-order valence-electron chi connectivity index (χ0n) is 9.53. The first kappa shape index (κ1) is 13.9. The monoisotopic (exact) mass is 228 g/mol. The summed E-state index contributed by atoms with van der Waals surface area (Å²) in [6.45, 7) is 5.33. The molecule has 1 aromatic rings. The van der Waals surface area contributed by atoms with Crippen molar-refractivity contribution in [2.75, 3.05) is 12.3 Å². The van der Waals surface area contributed by atoms with Crippen LogP contribution in [0.3, 0.4) is 0 Å². The van der Waals surface area contributed by atoms with Gasteiger partial charge in [0.15, 0.2) is 0 Å². The van der Waals surface area contributed by atoms with Crippen LogP contribution in [0.15, 0.2) is 0 Å². The van der Waals surface area contributed by atoms with E-state index in [-0.39, 0.29) is 11.7 Å². The molecule has 90 valence electrons. The van der Waals surface area contributed by atoms with Crippen molar-refractivity contribution in [1.29, 1.82) is 0 Å². The van der Waals surface area contributed by atoms with Crippen LogP contribution in [-0.4, -0.2) is 28.7 Å². The molecule has 1 rings (SSSR count). The predicted molar refractivity (Wildman–Crippen MR) is 58.6 cm³/mol. The molecule has 0 fully saturated rings. The van der Waals surface area contributed by atoms with Crippen LogP contribution in [0, 0.1) is 6.92 Å². The lowest BCUT2D eigenvalue weighted by atomic mass is 10.2. The number of nitrogen functional groups attached to an aromatic ring is 1. The summed E-state index contributed by atoms with van der Waals surface area (Å²) in [5, 5.41) is 6.01. The number of primary amides is 1. The minimum atomic E-state index is -0.540. The van der Waals surface area contributed by atoms with Gasteiger partial charge in [0.2, 0.25) is 0 Å². The largest absolute Gasteiger partial charge is 0.466 e. The quantitative estimate of drug-likeness (QED) is 0.613. The van der Waals surface area contributed by atoms with E-state index in [4.69, 9.17) is 11.5 Å². The summed E-state index contributed by atoms with van der Waals surface area (Å²) < 4.78 is 4.40. The molecule has 0 aliphatic heterocycles. The Morgan fingerprint density at radius 1 is 1.50 bits per heavy atom. The summed E-state index contributed by atoms with van der Waals surface area (Å²) in [7, 11) is 0. The molecule has 0 saturated heterocycles. The number of carbonyl (C=O) groups is 2. The number of rotatable bonds is 2. The molecule has 1 amide bonds. The van der Waals surface area contributed by atoms with Crippen LogP contribution < -0.4 is 11.5 Å². The van der Waals surface area contributed by atoms with E-state index in [0.29, 0.717) is 18.0 Å².